The average molecular weight is 311 g/mol. The molecular formula is C17H15ClN4. The van der Waals surface area contributed by atoms with Crippen LogP contribution in [0.1, 0.15) is 16.8 Å². The Bertz CT molecular complexity index is 834. The molecule has 0 atom stereocenters. The number of hydrogen-bond donors (Lipinski definition) is 0. The first-order valence-electron chi connectivity index (χ1n) is 7.33. The zero-order valence-electron chi connectivity index (χ0n) is 12.0. The van der Waals surface area contributed by atoms with Gasteiger partial charge < -0.3 is 0 Å². The van der Waals surface area contributed by atoms with Crippen molar-refractivity contribution in [3.05, 3.63) is 64.8 Å². The van der Waals surface area contributed by atoms with Gasteiger partial charge in [-0.15, -0.1) is 0 Å². The van der Waals surface area contributed by atoms with Gasteiger partial charge in [0, 0.05) is 48.0 Å². The summed E-state index contributed by atoms with van der Waals surface area (Å²) in [7, 11) is 0. The lowest BCUT2D eigenvalue weighted by atomic mass is 10.0. The second-order valence-electron chi connectivity index (χ2n) is 5.56. The Labute approximate surface area is 133 Å². The molecule has 4 nitrogen and oxygen atoms in total. The number of hydrogen-bond acceptors (Lipinski definition) is 4. The van der Waals surface area contributed by atoms with Crippen LogP contribution in [0.4, 0.5) is 0 Å². The fraction of sp³-hybridized carbons (Fsp3) is 0.235. The summed E-state index contributed by atoms with van der Waals surface area (Å²) in [6.07, 6.45) is 6.34. The molecule has 0 spiro atoms. The summed E-state index contributed by atoms with van der Waals surface area (Å²) in [5.74, 6) is 0. The Kier molecular flexibility index (Phi) is 3.48. The quantitative estimate of drug-likeness (QED) is 0.729. The van der Waals surface area contributed by atoms with E-state index in [0.29, 0.717) is 0 Å². The molecule has 2 aromatic heterocycles. The van der Waals surface area contributed by atoms with E-state index in [4.69, 9.17) is 11.6 Å². The van der Waals surface area contributed by atoms with Gasteiger partial charge in [0.1, 0.15) is 6.33 Å². The summed E-state index contributed by atoms with van der Waals surface area (Å²) in [6.45, 7) is 2.61. The van der Waals surface area contributed by atoms with Gasteiger partial charge in [0.25, 0.3) is 0 Å². The van der Waals surface area contributed by atoms with E-state index in [-0.39, 0.29) is 0 Å². The molecule has 0 N–H and O–H groups in total. The van der Waals surface area contributed by atoms with Crippen LogP contribution in [0.25, 0.3) is 10.9 Å². The van der Waals surface area contributed by atoms with Crippen LogP contribution in [-0.4, -0.2) is 26.4 Å². The standard InChI is InChI=1S/C17H15ClN4/c18-15-4-3-12-2-1-6-20-17(12)14(15)9-22-7-5-13-8-19-11-21-16(13)10-22/h1-4,6,8,11H,5,7,9-10H2. The Balaban J connectivity index is 1.66. The minimum absolute atomic E-state index is 0.777. The predicted octanol–water partition coefficient (Wildman–Crippen LogP) is 3.24. The van der Waals surface area contributed by atoms with Crippen molar-refractivity contribution in [1.82, 2.24) is 19.9 Å². The van der Waals surface area contributed by atoms with E-state index in [1.165, 1.54) is 5.56 Å². The minimum atomic E-state index is 0.777. The third kappa shape index (κ3) is 2.45. The lowest BCUT2D eigenvalue weighted by molar-refractivity contribution is 0.242. The molecule has 0 bridgehead atoms. The molecule has 5 heteroatoms. The monoisotopic (exact) mass is 310 g/mol. The highest BCUT2D eigenvalue weighted by molar-refractivity contribution is 6.32. The number of halogens is 1. The molecule has 0 saturated heterocycles. The largest absolute Gasteiger partial charge is 0.293 e. The molecule has 3 heterocycles. The summed E-state index contributed by atoms with van der Waals surface area (Å²) >= 11 is 6.43. The molecule has 1 aliphatic rings. The normalized spacial score (nSPS) is 15.0. The Morgan fingerprint density at radius 3 is 3.09 bits per heavy atom. The smallest absolute Gasteiger partial charge is 0.115 e. The molecule has 110 valence electrons. The fourth-order valence-electron chi connectivity index (χ4n) is 2.99. The van der Waals surface area contributed by atoms with Crippen molar-refractivity contribution < 1.29 is 0 Å². The number of aromatic nitrogens is 3. The van der Waals surface area contributed by atoms with Gasteiger partial charge in [-0.3, -0.25) is 9.88 Å². The van der Waals surface area contributed by atoms with Crippen LogP contribution >= 0.6 is 11.6 Å². The third-order valence-corrected chi connectivity index (χ3v) is 4.51. The molecule has 0 amide bonds. The topological polar surface area (TPSA) is 41.9 Å². The maximum absolute atomic E-state index is 6.43. The molecule has 3 aromatic rings. The van der Waals surface area contributed by atoms with E-state index in [9.17, 15) is 0 Å². The Morgan fingerprint density at radius 2 is 2.14 bits per heavy atom. The van der Waals surface area contributed by atoms with Gasteiger partial charge in [-0.2, -0.15) is 0 Å². The molecule has 1 aromatic carbocycles. The van der Waals surface area contributed by atoms with Gasteiger partial charge >= 0.3 is 0 Å². The molecule has 1 aliphatic heterocycles. The summed E-state index contributed by atoms with van der Waals surface area (Å²) in [5.41, 5.74) is 4.45. The average Bonchev–Trinajstić information content (AvgIpc) is 2.57. The first-order chi connectivity index (χ1) is 10.8. The van der Waals surface area contributed by atoms with Crippen molar-refractivity contribution in [1.29, 1.82) is 0 Å². The van der Waals surface area contributed by atoms with Crippen LogP contribution in [0.3, 0.4) is 0 Å². The summed E-state index contributed by atoms with van der Waals surface area (Å²) < 4.78 is 0. The maximum atomic E-state index is 6.43. The highest BCUT2D eigenvalue weighted by Crippen LogP contribution is 2.27. The lowest BCUT2D eigenvalue weighted by Crippen LogP contribution is -2.31. The van der Waals surface area contributed by atoms with Crippen LogP contribution in [-0.2, 0) is 19.5 Å². The summed E-state index contributed by atoms with van der Waals surface area (Å²) in [6, 6.07) is 8.00. The third-order valence-electron chi connectivity index (χ3n) is 4.16. The molecule has 0 fully saturated rings. The van der Waals surface area contributed by atoms with Crippen molar-refractivity contribution >= 4 is 22.5 Å². The lowest BCUT2D eigenvalue weighted by Gasteiger charge is -2.28. The van der Waals surface area contributed by atoms with Gasteiger partial charge in [0.05, 0.1) is 11.2 Å². The minimum Gasteiger partial charge on any atom is -0.293 e. The van der Waals surface area contributed by atoms with Crippen molar-refractivity contribution in [2.24, 2.45) is 0 Å². The maximum Gasteiger partial charge on any atom is 0.115 e. The number of rotatable bonds is 2. The fourth-order valence-corrected chi connectivity index (χ4v) is 3.21. The van der Waals surface area contributed by atoms with Crippen molar-refractivity contribution in [2.75, 3.05) is 6.54 Å². The van der Waals surface area contributed by atoms with Gasteiger partial charge in [-0.25, -0.2) is 9.97 Å². The van der Waals surface area contributed by atoms with Gasteiger partial charge in [-0.05, 0) is 24.1 Å². The van der Waals surface area contributed by atoms with Gasteiger partial charge in [0.15, 0.2) is 0 Å². The molecule has 4 rings (SSSR count). The number of nitrogens with zero attached hydrogens (tertiary/aromatic N) is 4. The summed E-state index contributed by atoms with van der Waals surface area (Å²) in [4.78, 5) is 15.4. The SMILES string of the molecule is Clc1ccc2cccnc2c1CN1CCc2cncnc2C1. The van der Waals surface area contributed by atoms with E-state index >= 15 is 0 Å². The van der Waals surface area contributed by atoms with E-state index in [1.807, 2.05) is 30.6 Å². The molecule has 0 saturated carbocycles. The van der Waals surface area contributed by atoms with E-state index in [2.05, 4.69) is 25.9 Å². The number of pyridine rings is 1. The van der Waals surface area contributed by atoms with E-state index in [0.717, 1.165) is 53.2 Å². The van der Waals surface area contributed by atoms with Crippen LogP contribution < -0.4 is 0 Å². The zero-order chi connectivity index (χ0) is 14.9. The number of benzene rings is 1. The molecule has 0 unspecified atom stereocenters. The van der Waals surface area contributed by atoms with Crippen LogP contribution in [0.5, 0.6) is 0 Å². The van der Waals surface area contributed by atoms with E-state index in [1.54, 1.807) is 6.33 Å². The van der Waals surface area contributed by atoms with Crippen molar-refractivity contribution in [2.45, 2.75) is 19.5 Å². The number of fused-ring (bicyclic) bond motifs is 2. The molecule has 0 radical (unpaired) electrons. The molecule has 0 aliphatic carbocycles. The molecule has 22 heavy (non-hydrogen) atoms. The van der Waals surface area contributed by atoms with Gasteiger partial charge in [-0.1, -0.05) is 23.7 Å². The first-order valence-corrected chi connectivity index (χ1v) is 7.71. The molecular weight excluding hydrogens is 296 g/mol. The first kappa shape index (κ1) is 13.6. The summed E-state index contributed by atoms with van der Waals surface area (Å²) in [5, 5.41) is 1.90. The van der Waals surface area contributed by atoms with Crippen molar-refractivity contribution in [3.8, 4) is 0 Å². The predicted molar refractivity (Wildman–Crippen MR) is 86.6 cm³/mol. The van der Waals surface area contributed by atoms with E-state index < -0.39 is 0 Å². The van der Waals surface area contributed by atoms with Crippen LogP contribution in [0.2, 0.25) is 5.02 Å². The highest BCUT2D eigenvalue weighted by atomic mass is 35.5. The van der Waals surface area contributed by atoms with Crippen molar-refractivity contribution in [3.63, 3.8) is 0 Å². The Morgan fingerprint density at radius 1 is 1.18 bits per heavy atom. The second-order valence-corrected chi connectivity index (χ2v) is 5.96. The zero-order valence-corrected chi connectivity index (χ0v) is 12.8. The highest BCUT2D eigenvalue weighted by Gasteiger charge is 2.19. The van der Waals surface area contributed by atoms with Crippen LogP contribution in [0.15, 0.2) is 43.0 Å². The van der Waals surface area contributed by atoms with Crippen LogP contribution in [0, 0.1) is 0 Å². The van der Waals surface area contributed by atoms with Gasteiger partial charge in [0.2, 0.25) is 0 Å². The Hall–Kier alpha value is -2.04. The second kappa shape index (κ2) is 5.63.